The van der Waals surface area contributed by atoms with Gasteiger partial charge in [-0.05, 0) is 50.3 Å². The van der Waals surface area contributed by atoms with Gasteiger partial charge in [-0.15, -0.1) is 24.0 Å². The highest BCUT2D eigenvalue weighted by atomic mass is 127. The summed E-state index contributed by atoms with van der Waals surface area (Å²) in [5, 5.41) is 7.33. The van der Waals surface area contributed by atoms with Crippen molar-refractivity contribution in [1.29, 1.82) is 0 Å². The first-order valence-corrected chi connectivity index (χ1v) is 9.25. The molecule has 0 saturated carbocycles. The maximum absolute atomic E-state index is 5.80. The summed E-state index contributed by atoms with van der Waals surface area (Å²) in [6.45, 7) is 8.78. The summed E-state index contributed by atoms with van der Waals surface area (Å²) in [6.07, 6.45) is 5.39. The van der Waals surface area contributed by atoms with Gasteiger partial charge in [0.25, 0.3) is 0 Å². The van der Waals surface area contributed by atoms with Crippen LogP contribution >= 0.6 is 35.6 Å². The monoisotopic (exact) mass is 479 g/mol. The van der Waals surface area contributed by atoms with Crippen molar-refractivity contribution in [2.75, 3.05) is 33.2 Å². The molecule has 0 amide bonds. The van der Waals surface area contributed by atoms with E-state index in [9.17, 15) is 0 Å². The van der Waals surface area contributed by atoms with Gasteiger partial charge in [0.05, 0.1) is 0 Å². The van der Waals surface area contributed by atoms with Crippen LogP contribution in [-0.2, 0) is 6.42 Å². The van der Waals surface area contributed by atoms with Gasteiger partial charge in [0, 0.05) is 38.9 Å². The Labute approximate surface area is 174 Å². The second-order valence-electron chi connectivity index (χ2n) is 6.71. The van der Waals surface area contributed by atoms with E-state index in [0.29, 0.717) is 11.2 Å². The van der Waals surface area contributed by atoms with Gasteiger partial charge in [-0.2, -0.15) is 0 Å². The molecular formula is C18H31ClIN5. The number of aromatic nitrogens is 1. The molecule has 2 atom stereocenters. The average Bonchev–Trinajstić information content (AvgIpc) is 2.59. The van der Waals surface area contributed by atoms with Crippen LogP contribution in [-0.4, -0.2) is 55.1 Å². The quantitative estimate of drug-likeness (QED) is 0.285. The van der Waals surface area contributed by atoms with Crippen LogP contribution in [0.3, 0.4) is 0 Å². The Hall–Kier alpha value is -0.600. The van der Waals surface area contributed by atoms with Gasteiger partial charge in [0.2, 0.25) is 0 Å². The third-order valence-corrected chi connectivity index (χ3v) is 4.82. The number of likely N-dealkylation sites (tertiary alicyclic amines) is 1. The van der Waals surface area contributed by atoms with Crippen LogP contribution < -0.4 is 10.6 Å². The number of piperidine rings is 1. The number of guanidine groups is 1. The molecule has 1 fully saturated rings. The number of pyridine rings is 1. The number of halogens is 2. The molecule has 2 N–H and O–H groups in total. The first kappa shape index (κ1) is 22.4. The van der Waals surface area contributed by atoms with Crippen LogP contribution in [0.4, 0.5) is 0 Å². The Morgan fingerprint density at radius 3 is 2.88 bits per heavy atom. The number of nitrogens with zero attached hydrogens (tertiary/aromatic N) is 3. The van der Waals surface area contributed by atoms with Crippen molar-refractivity contribution in [2.45, 2.75) is 39.2 Å². The second kappa shape index (κ2) is 11.9. The fourth-order valence-electron chi connectivity index (χ4n) is 3.10. The molecule has 2 rings (SSSR count). The maximum atomic E-state index is 5.80. The zero-order chi connectivity index (χ0) is 17.4. The lowest BCUT2D eigenvalue weighted by Crippen LogP contribution is -2.48. The van der Waals surface area contributed by atoms with Gasteiger partial charge in [-0.25, -0.2) is 4.98 Å². The Morgan fingerprint density at radius 2 is 2.24 bits per heavy atom. The molecule has 1 aromatic heterocycles. The summed E-state index contributed by atoms with van der Waals surface area (Å²) in [6, 6.07) is 4.35. The van der Waals surface area contributed by atoms with E-state index in [0.717, 1.165) is 37.0 Å². The van der Waals surface area contributed by atoms with Crippen molar-refractivity contribution < 1.29 is 0 Å². The summed E-state index contributed by atoms with van der Waals surface area (Å²) >= 11 is 5.80. The zero-order valence-electron chi connectivity index (χ0n) is 15.5. The summed E-state index contributed by atoms with van der Waals surface area (Å²) in [5.41, 5.74) is 1.16. The molecule has 0 bridgehead atoms. The smallest absolute Gasteiger partial charge is 0.191 e. The van der Waals surface area contributed by atoms with Gasteiger partial charge in [-0.1, -0.05) is 24.6 Å². The lowest BCUT2D eigenvalue weighted by Gasteiger charge is -2.35. The summed E-state index contributed by atoms with van der Waals surface area (Å²) < 4.78 is 0. The van der Waals surface area contributed by atoms with Crippen LogP contribution in [0.5, 0.6) is 0 Å². The van der Waals surface area contributed by atoms with Crippen LogP contribution in [0, 0.1) is 5.92 Å². The Morgan fingerprint density at radius 1 is 1.44 bits per heavy atom. The molecule has 1 aromatic rings. The Kier molecular flexibility index (Phi) is 10.7. The van der Waals surface area contributed by atoms with Crippen LogP contribution in [0.2, 0.25) is 5.15 Å². The topological polar surface area (TPSA) is 52.6 Å². The number of nitrogens with one attached hydrogen (secondary N) is 2. The van der Waals surface area contributed by atoms with E-state index < -0.39 is 0 Å². The van der Waals surface area contributed by atoms with Crippen molar-refractivity contribution >= 4 is 41.5 Å². The van der Waals surface area contributed by atoms with Crippen LogP contribution in [0.15, 0.2) is 23.3 Å². The molecule has 5 nitrogen and oxygen atoms in total. The fourth-order valence-corrected chi connectivity index (χ4v) is 3.21. The average molecular weight is 480 g/mol. The van der Waals surface area contributed by atoms with Crippen molar-refractivity contribution in [2.24, 2.45) is 10.9 Å². The van der Waals surface area contributed by atoms with Crippen molar-refractivity contribution in [3.05, 3.63) is 29.0 Å². The molecule has 1 saturated heterocycles. The van der Waals surface area contributed by atoms with Crippen LogP contribution in [0.1, 0.15) is 32.3 Å². The Balaban J connectivity index is 0.00000312. The number of hydrogen-bond donors (Lipinski definition) is 2. The highest BCUT2D eigenvalue weighted by Gasteiger charge is 2.20. The zero-order valence-corrected chi connectivity index (χ0v) is 18.6. The summed E-state index contributed by atoms with van der Waals surface area (Å²) in [5.74, 6) is 1.67. The SMILES string of the molecule is CN=C(NCCc1ccc(Cl)nc1)NCC(C)N1CCCC(C)C1.I. The Bertz CT molecular complexity index is 523. The minimum absolute atomic E-state index is 0. The van der Waals surface area contributed by atoms with E-state index in [-0.39, 0.29) is 24.0 Å². The van der Waals surface area contributed by atoms with E-state index in [2.05, 4.69) is 39.4 Å². The number of aliphatic imine (C=N–C) groups is 1. The van der Waals surface area contributed by atoms with Crippen molar-refractivity contribution in [3.8, 4) is 0 Å². The number of rotatable bonds is 6. The summed E-state index contributed by atoms with van der Waals surface area (Å²) in [7, 11) is 1.81. The molecule has 1 aliphatic heterocycles. The molecule has 1 aliphatic rings. The predicted molar refractivity (Wildman–Crippen MR) is 117 cm³/mol. The van der Waals surface area contributed by atoms with Gasteiger partial charge in [-0.3, -0.25) is 9.89 Å². The summed E-state index contributed by atoms with van der Waals surface area (Å²) in [4.78, 5) is 11.0. The van der Waals surface area contributed by atoms with E-state index >= 15 is 0 Å². The third-order valence-electron chi connectivity index (χ3n) is 4.60. The normalized spacial score (nSPS) is 19.8. The highest BCUT2D eigenvalue weighted by molar-refractivity contribution is 14.0. The molecule has 2 unspecified atom stereocenters. The first-order chi connectivity index (χ1) is 11.6. The number of hydrogen-bond acceptors (Lipinski definition) is 3. The van der Waals surface area contributed by atoms with Gasteiger partial charge >= 0.3 is 0 Å². The molecule has 0 aromatic carbocycles. The largest absolute Gasteiger partial charge is 0.356 e. The standard InChI is InChI=1S/C18H30ClN5.HI/c1-14-5-4-10-24(13-14)15(2)11-23-18(20-3)21-9-8-16-6-7-17(19)22-12-16;/h6-7,12,14-15H,4-5,8-11,13H2,1-3H3,(H2,20,21,23);1H. The molecule has 2 heterocycles. The van der Waals surface area contributed by atoms with E-state index in [1.165, 1.54) is 25.9 Å². The third kappa shape index (κ3) is 8.09. The van der Waals surface area contributed by atoms with E-state index in [1.54, 1.807) is 0 Å². The minimum Gasteiger partial charge on any atom is -0.356 e. The molecule has 0 aliphatic carbocycles. The minimum atomic E-state index is 0. The van der Waals surface area contributed by atoms with E-state index in [4.69, 9.17) is 11.6 Å². The molecule has 7 heteroatoms. The molecule has 0 radical (unpaired) electrons. The van der Waals surface area contributed by atoms with Crippen molar-refractivity contribution in [3.63, 3.8) is 0 Å². The molecular weight excluding hydrogens is 449 g/mol. The molecule has 0 spiro atoms. The molecule has 142 valence electrons. The predicted octanol–water partition coefficient (Wildman–Crippen LogP) is 3.18. The van der Waals surface area contributed by atoms with Gasteiger partial charge < -0.3 is 10.6 Å². The highest BCUT2D eigenvalue weighted by Crippen LogP contribution is 2.17. The lowest BCUT2D eigenvalue weighted by molar-refractivity contribution is 0.139. The first-order valence-electron chi connectivity index (χ1n) is 8.87. The van der Waals surface area contributed by atoms with Gasteiger partial charge in [0.15, 0.2) is 5.96 Å². The van der Waals surface area contributed by atoms with Gasteiger partial charge in [0.1, 0.15) is 5.15 Å². The second-order valence-corrected chi connectivity index (χ2v) is 7.10. The lowest BCUT2D eigenvalue weighted by atomic mass is 9.99. The fraction of sp³-hybridized carbons (Fsp3) is 0.667. The van der Waals surface area contributed by atoms with Crippen molar-refractivity contribution in [1.82, 2.24) is 20.5 Å². The maximum Gasteiger partial charge on any atom is 0.191 e. The van der Waals surface area contributed by atoms with E-state index in [1.807, 2.05) is 25.4 Å². The molecule has 25 heavy (non-hydrogen) atoms. The van der Waals surface area contributed by atoms with Crippen LogP contribution in [0.25, 0.3) is 0 Å².